The predicted molar refractivity (Wildman–Crippen MR) is 163 cm³/mol. The van der Waals surface area contributed by atoms with E-state index in [1.807, 2.05) is 37.3 Å². The Bertz CT molecular complexity index is 1470. The van der Waals surface area contributed by atoms with Gasteiger partial charge in [-0.3, -0.25) is 13.9 Å². The Morgan fingerprint density at radius 3 is 2.31 bits per heavy atom. The lowest BCUT2D eigenvalue weighted by molar-refractivity contribution is -0.140. The van der Waals surface area contributed by atoms with Crippen molar-refractivity contribution in [3.05, 3.63) is 88.9 Å². The topological polar surface area (TPSA) is 105 Å². The van der Waals surface area contributed by atoms with Crippen LogP contribution in [0.4, 0.5) is 5.69 Å². The zero-order chi connectivity index (χ0) is 30.1. The fourth-order valence-corrected chi connectivity index (χ4v) is 5.61. The number of fused-ring (bicyclic) bond motifs is 1. The first kappa shape index (κ1) is 31.2. The van der Waals surface area contributed by atoms with Gasteiger partial charge >= 0.3 is 0 Å². The van der Waals surface area contributed by atoms with Crippen LogP contribution in [0.2, 0.25) is 5.02 Å². The number of halogens is 1. The predicted octanol–water partition coefficient (Wildman–Crippen LogP) is 4.43. The molecular weight excluding hydrogens is 578 g/mol. The number of carbonyl (C=O) groups is 2. The van der Waals surface area contributed by atoms with E-state index >= 15 is 0 Å². The number of anilines is 1. The zero-order valence-electron chi connectivity index (χ0n) is 23.8. The summed E-state index contributed by atoms with van der Waals surface area (Å²) in [5.41, 5.74) is 1.87. The number of nitrogens with one attached hydrogen (secondary N) is 1. The van der Waals surface area contributed by atoms with Crippen molar-refractivity contribution in [1.82, 2.24) is 10.2 Å². The molecule has 0 aromatic heterocycles. The highest BCUT2D eigenvalue weighted by Crippen LogP contribution is 2.34. The van der Waals surface area contributed by atoms with Gasteiger partial charge in [0.05, 0.1) is 11.9 Å². The van der Waals surface area contributed by atoms with Crippen molar-refractivity contribution in [2.24, 2.45) is 0 Å². The summed E-state index contributed by atoms with van der Waals surface area (Å²) in [4.78, 5) is 29.2. The van der Waals surface area contributed by atoms with Gasteiger partial charge in [0.25, 0.3) is 0 Å². The Hall–Kier alpha value is -3.76. The largest absolute Gasteiger partial charge is 0.486 e. The molecule has 11 heteroatoms. The normalized spacial score (nSPS) is 13.2. The van der Waals surface area contributed by atoms with Gasteiger partial charge in [-0.15, -0.1) is 0 Å². The van der Waals surface area contributed by atoms with Crippen LogP contribution in [0.3, 0.4) is 0 Å². The number of rotatable bonds is 13. The van der Waals surface area contributed by atoms with Crippen molar-refractivity contribution in [3.8, 4) is 11.5 Å². The first-order valence-electron chi connectivity index (χ1n) is 13.9. The number of ether oxygens (including phenoxy) is 2. The molecule has 0 unspecified atom stereocenters. The number of benzene rings is 3. The van der Waals surface area contributed by atoms with Gasteiger partial charge in [0.2, 0.25) is 21.8 Å². The maximum atomic E-state index is 14.2. The molecule has 0 saturated carbocycles. The van der Waals surface area contributed by atoms with Crippen LogP contribution < -0.4 is 19.1 Å². The molecule has 0 aliphatic carbocycles. The fraction of sp³-hybridized carbons (Fsp3) is 0.355. The second kappa shape index (κ2) is 14.4. The third-order valence-electron chi connectivity index (χ3n) is 6.86. The monoisotopic (exact) mass is 613 g/mol. The highest BCUT2D eigenvalue weighted by molar-refractivity contribution is 7.92. The number of hydrogen-bond acceptors (Lipinski definition) is 6. The van der Waals surface area contributed by atoms with E-state index in [0.29, 0.717) is 36.3 Å². The van der Waals surface area contributed by atoms with Gasteiger partial charge in [-0.25, -0.2) is 8.42 Å². The molecule has 1 aliphatic rings. The Labute approximate surface area is 252 Å². The first-order chi connectivity index (χ1) is 20.2. The van der Waals surface area contributed by atoms with E-state index in [4.69, 9.17) is 21.1 Å². The molecule has 3 aromatic carbocycles. The van der Waals surface area contributed by atoms with Crippen molar-refractivity contribution in [1.29, 1.82) is 0 Å². The second-order valence-corrected chi connectivity index (χ2v) is 12.4. The van der Waals surface area contributed by atoms with Gasteiger partial charge < -0.3 is 19.7 Å². The van der Waals surface area contributed by atoms with Crippen LogP contribution in [0, 0.1) is 0 Å². The number of hydrogen-bond donors (Lipinski definition) is 1. The standard InChI is InChI=1S/C31H36ClN3O6S/c1-3-4-16-33-31(37)27(19-23-8-6-5-7-9-23)34(21-24-10-12-25(32)13-11-24)30(36)22-35(42(2,38)39)26-14-15-28-29(20-26)41-18-17-40-28/h5-15,20,27H,3-4,16-19,21-22H2,1-2H3,(H,33,37)/t27-/m0/s1. The van der Waals surface area contributed by atoms with Crippen LogP contribution in [0.5, 0.6) is 11.5 Å². The lowest BCUT2D eigenvalue weighted by Crippen LogP contribution is -2.53. The summed E-state index contributed by atoms with van der Waals surface area (Å²) in [7, 11) is -3.90. The number of sulfonamides is 1. The third kappa shape index (κ3) is 8.39. The minimum absolute atomic E-state index is 0.0768. The average molecular weight is 614 g/mol. The molecular formula is C31H36ClN3O6S. The maximum absolute atomic E-state index is 14.2. The van der Waals surface area contributed by atoms with E-state index in [1.165, 1.54) is 4.90 Å². The fourth-order valence-electron chi connectivity index (χ4n) is 4.65. The molecule has 0 fully saturated rings. The van der Waals surface area contributed by atoms with Crippen molar-refractivity contribution < 1.29 is 27.5 Å². The molecule has 0 bridgehead atoms. The molecule has 42 heavy (non-hydrogen) atoms. The molecule has 9 nitrogen and oxygen atoms in total. The molecule has 2 amide bonds. The third-order valence-corrected chi connectivity index (χ3v) is 8.25. The Morgan fingerprint density at radius 2 is 1.64 bits per heavy atom. The highest BCUT2D eigenvalue weighted by atomic mass is 35.5. The van der Waals surface area contributed by atoms with E-state index in [1.54, 1.807) is 42.5 Å². The number of amides is 2. The van der Waals surface area contributed by atoms with Crippen LogP contribution in [-0.2, 0) is 32.6 Å². The Balaban J connectivity index is 1.70. The summed E-state index contributed by atoms with van der Waals surface area (Å²) in [5.74, 6) is 0.0626. The quantitative estimate of drug-likeness (QED) is 0.286. The molecule has 3 aromatic rings. The van der Waals surface area contributed by atoms with Crippen LogP contribution in [0.25, 0.3) is 0 Å². The van der Waals surface area contributed by atoms with Gasteiger partial charge in [-0.05, 0) is 41.8 Å². The van der Waals surface area contributed by atoms with Crippen LogP contribution in [-0.4, -0.2) is 63.7 Å². The average Bonchev–Trinajstić information content (AvgIpc) is 2.98. The van der Waals surface area contributed by atoms with Gasteiger partial charge in [-0.1, -0.05) is 67.4 Å². The number of unbranched alkanes of at least 4 members (excludes halogenated alkanes) is 1. The summed E-state index contributed by atoms with van der Waals surface area (Å²) in [6, 6.07) is 20.3. The van der Waals surface area contributed by atoms with Crippen LogP contribution >= 0.6 is 11.6 Å². The lowest BCUT2D eigenvalue weighted by atomic mass is 10.0. The SMILES string of the molecule is CCCCNC(=O)[C@H](Cc1ccccc1)N(Cc1ccc(Cl)cc1)C(=O)CN(c1ccc2c(c1)OCCO2)S(C)(=O)=O. The first-order valence-corrected chi connectivity index (χ1v) is 16.1. The number of carbonyl (C=O) groups excluding carboxylic acids is 2. The molecule has 224 valence electrons. The summed E-state index contributed by atoms with van der Waals surface area (Å²) >= 11 is 6.10. The molecule has 0 spiro atoms. The smallest absolute Gasteiger partial charge is 0.244 e. The molecule has 0 saturated heterocycles. The number of nitrogens with zero attached hydrogens (tertiary/aromatic N) is 2. The zero-order valence-corrected chi connectivity index (χ0v) is 25.4. The maximum Gasteiger partial charge on any atom is 0.244 e. The summed E-state index contributed by atoms with van der Waals surface area (Å²) in [6.07, 6.45) is 2.98. The molecule has 0 radical (unpaired) electrons. The summed E-state index contributed by atoms with van der Waals surface area (Å²) in [6.45, 7) is 2.78. The minimum atomic E-state index is -3.90. The van der Waals surface area contributed by atoms with Gasteiger partial charge in [0.1, 0.15) is 25.8 Å². The van der Waals surface area contributed by atoms with Crippen molar-refractivity contribution in [2.75, 3.05) is 36.9 Å². The molecule has 1 N–H and O–H groups in total. The summed E-state index contributed by atoms with van der Waals surface area (Å²) in [5, 5.41) is 3.51. The van der Waals surface area contributed by atoms with E-state index < -0.39 is 28.5 Å². The molecule has 1 heterocycles. The lowest BCUT2D eigenvalue weighted by Gasteiger charge is -2.33. The summed E-state index contributed by atoms with van der Waals surface area (Å²) < 4.78 is 38.3. The Morgan fingerprint density at radius 1 is 0.952 bits per heavy atom. The van der Waals surface area contributed by atoms with Gasteiger partial charge in [0.15, 0.2) is 11.5 Å². The van der Waals surface area contributed by atoms with Crippen molar-refractivity contribution in [2.45, 2.75) is 38.8 Å². The van der Waals surface area contributed by atoms with Gasteiger partial charge in [0, 0.05) is 30.6 Å². The second-order valence-electron chi connectivity index (χ2n) is 10.1. The molecule has 1 aliphatic heterocycles. The van der Waals surface area contributed by atoms with E-state index in [0.717, 1.165) is 34.5 Å². The Kier molecular flexibility index (Phi) is 10.7. The van der Waals surface area contributed by atoms with E-state index in [-0.39, 0.29) is 24.6 Å². The van der Waals surface area contributed by atoms with Crippen LogP contribution in [0.15, 0.2) is 72.8 Å². The minimum Gasteiger partial charge on any atom is -0.486 e. The molecule has 1 atom stereocenters. The van der Waals surface area contributed by atoms with E-state index in [2.05, 4.69) is 5.32 Å². The molecule has 4 rings (SSSR count). The highest BCUT2D eigenvalue weighted by Gasteiger charge is 2.33. The van der Waals surface area contributed by atoms with Gasteiger partial charge in [-0.2, -0.15) is 0 Å². The van der Waals surface area contributed by atoms with Crippen molar-refractivity contribution in [3.63, 3.8) is 0 Å². The van der Waals surface area contributed by atoms with Crippen LogP contribution in [0.1, 0.15) is 30.9 Å². The van der Waals surface area contributed by atoms with Crippen molar-refractivity contribution >= 4 is 39.1 Å². The van der Waals surface area contributed by atoms with E-state index in [9.17, 15) is 18.0 Å².